The number of rotatable bonds is 7. The lowest BCUT2D eigenvalue weighted by Crippen LogP contribution is -2.05. The van der Waals surface area contributed by atoms with E-state index in [4.69, 9.17) is 37.4 Å². The first-order valence-corrected chi connectivity index (χ1v) is 10.7. The van der Waals surface area contributed by atoms with Gasteiger partial charge in [0.1, 0.15) is 6.61 Å². The molecule has 0 aliphatic carbocycles. The van der Waals surface area contributed by atoms with Crippen molar-refractivity contribution >= 4 is 41.1 Å². The summed E-state index contributed by atoms with van der Waals surface area (Å²) in [6.45, 7) is 2.79. The SMILES string of the molecule is CCOc1cc(/C=C2\N=C(c3ccc(Cl)cc3Cl)OC2=O)ccc1OCc1ccccc1. The summed E-state index contributed by atoms with van der Waals surface area (Å²) < 4.78 is 17.0. The van der Waals surface area contributed by atoms with E-state index in [-0.39, 0.29) is 11.6 Å². The van der Waals surface area contributed by atoms with E-state index in [0.717, 1.165) is 11.1 Å². The molecule has 0 amide bonds. The molecule has 162 valence electrons. The molecule has 5 nitrogen and oxygen atoms in total. The van der Waals surface area contributed by atoms with Gasteiger partial charge in [-0.25, -0.2) is 9.79 Å². The van der Waals surface area contributed by atoms with Crippen LogP contribution in [0.3, 0.4) is 0 Å². The first kappa shape index (κ1) is 21.9. The molecule has 0 saturated carbocycles. The highest BCUT2D eigenvalue weighted by molar-refractivity contribution is 6.37. The fourth-order valence-corrected chi connectivity index (χ4v) is 3.57. The zero-order valence-corrected chi connectivity index (χ0v) is 18.7. The van der Waals surface area contributed by atoms with E-state index in [1.807, 2.05) is 43.3 Å². The van der Waals surface area contributed by atoms with Gasteiger partial charge in [0.15, 0.2) is 17.2 Å². The average Bonchev–Trinajstić information content (AvgIpc) is 3.14. The van der Waals surface area contributed by atoms with Crippen LogP contribution in [0.2, 0.25) is 10.0 Å². The number of aliphatic imine (C=N–C) groups is 1. The molecule has 0 atom stereocenters. The molecular formula is C25H19Cl2NO4. The summed E-state index contributed by atoms with van der Waals surface area (Å²) in [5.74, 6) is 0.766. The van der Waals surface area contributed by atoms with Crippen molar-refractivity contribution in [3.63, 3.8) is 0 Å². The van der Waals surface area contributed by atoms with Crippen molar-refractivity contribution < 1.29 is 19.0 Å². The van der Waals surface area contributed by atoms with Crippen LogP contribution in [0.1, 0.15) is 23.6 Å². The monoisotopic (exact) mass is 467 g/mol. The third-order valence-electron chi connectivity index (χ3n) is 4.59. The number of ether oxygens (including phenoxy) is 3. The van der Waals surface area contributed by atoms with Crippen LogP contribution in [0.15, 0.2) is 77.4 Å². The zero-order chi connectivity index (χ0) is 22.5. The third-order valence-corrected chi connectivity index (χ3v) is 5.14. The lowest BCUT2D eigenvalue weighted by Gasteiger charge is -2.12. The number of halogens is 2. The predicted octanol–water partition coefficient (Wildman–Crippen LogP) is 6.32. The molecule has 3 aromatic rings. The highest BCUT2D eigenvalue weighted by atomic mass is 35.5. The molecule has 0 spiro atoms. The Hall–Kier alpha value is -3.28. The number of carbonyl (C=O) groups excluding carboxylic acids is 1. The van der Waals surface area contributed by atoms with Crippen LogP contribution < -0.4 is 9.47 Å². The van der Waals surface area contributed by atoms with Crippen molar-refractivity contribution in [3.8, 4) is 11.5 Å². The van der Waals surface area contributed by atoms with Crippen molar-refractivity contribution in [2.75, 3.05) is 6.61 Å². The lowest BCUT2D eigenvalue weighted by molar-refractivity contribution is -0.129. The second-order valence-corrected chi connectivity index (χ2v) is 7.72. The van der Waals surface area contributed by atoms with Gasteiger partial charge in [-0.3, -0.25) is 0 Å². The maximum atomic E-state index is 12.3. The van der Waals surface area contributed by atoms with Gasteiger partial charge in [0.05, 0.1) is 17.2 Å². The molecule has 32 heavy (non-hydrogen) atoms. The fourth-order valence-electron chi connectivity index (χ4n) is 3.08. The van der Waals surface area contributed by atoms with E-state index in [2.05, 4.69) is 4.99 Å². The molecule has 3 aromatic carbocycles. The van der Waals surface area contributed by atoms with E-state index < -0.39 is 5.97 Å². The molecule has 0 bridgehead atoms. The van der Waals surface area contributed by atoms with Crippen LogP contribution in [0.25, 0.3) is 6.08 Å². The van der Waals surface area contributed by atoms with E-state index in [1.165, 1.54) is 0 Å². The van der Waals surface area contributed by atoms with Crippen molar-refractivity contribution in [1.82, 2.24) is 0 Å². The molecule has 1 heterocycles. The van der Waals surface area contributed by atoms with Crippen LogP contribution >= 0.6 is 23.2 Å². The van der Waals surface area contributed by atoms with E-state index in [0.29, 0.717) is 40.3 Å². The number of carbonyl (C=O) groups is 1. The Morgan fingerprint density at radius 1 is 0.969 bits per heavy atom. The summed E-state index contributed by atoms with van der Waals surface area (Å²) in [7, 11) is 0. The molecule has 1 aliphatic rings. The molecule has 0 N–H and O–H groups in total. The summed E-state index contributed by atoms with van der Waals surface area (Å²) in [5, 5.41) is 0.835. The average molecular weight is 468 g/mol. The lowest BCUT2D eigenvalue weighted by atomic mass is 10.1. The van der Waals surface area contributed by atoms with Crippen LogP contribution in [0.5, 0.6) is 11.5 Å². The van der Waals surface area contributed by atoms with Crippen LogP contribution in [-0.2, 0) is 16.1 Å². The maximum Gasteiger partial charge on any atom is 0.363 e. The summed E-state index contributed by atoms with van der Waals surface area (Å²) in [5.41, 5.74) is 2.43. The van der Waals surface area contributed by atoms with Crippen LogP contribution in [0.4, 0.5) is 0 Å². The predicted molar refractivity (Wildman–Crippen MR) is 125 cm³/mol. The van der Waals surface area contributed by atoms with Crippen molar-refractivity contribution in [2.24, 2.45) is 4.99 Å². The summed E-state index contributed by atoms with van der Waals surface area (Å²) in [6, 6.07) is 20.2. The second-order valence-electron chi connectivity index (χ2n) is 6.87. The minimum atomic E-state index is -0.562. The Morgan fingerprint density at radius 3 is 2.53 bits per heavy atom. The Bertz CT molecular complexity index is 1210. The fraction of sp³-hybridized carbons (Fsp3) is 0.120. The Morgan fingerprint density at radius 2 is 1.78 bits per heavy atom. The zero-order valence-electron chi connectivity index (χ0n) is 17.2. The van der Waals surface area contributed by atoms with Gasteiger partial charge in [-0.2, -0.15) is 0 Å². The molecule has 0 saturated heterocycles. The van der Waals surface area contributed by atoms with E-state index in [1.54, 1.807) is 36.4 Å². The normalized spacial score (nSPS) is 14.3. The van der Waals surface area contributed by atoms with Gasteiger partial charge in [-0.15, -0.1) is 0 Å². The Labute approximate surface area is 195 Å². The standard InChI is InChI=1S/C25H19Cl2NO4/c1-2-30-23-13-17(8-11-22(23)31-15-16-6-4-3-5-7-16)12-21-25(29)32-24(28-21)19-10-9-18(26)14-20(19)27/h3-14H,2,15H2,1H3/b21-12-. The molecule has 0 aromatic heterocycles. The molecular weight excluding hydrogens is 449 g/mol. The summed E-state index contributed by atoms with van der Waals surface area (Å²) in [6.07, 6.45) is 1.63. The van der Waals surface area contributed by atoms with Crippen molar-refractivity contribution in [2.45, 2.75) is 13.5 Å². The first-order valence-electron chi connectivity index (χ1n) is 9.95. The molecule has 0 unspecified atom stereocenters. The largest absolute Gasteiger partial charge is 0.490 e. The third kappa shape index (κ3) is 5.13. The van der Waals surface area contributed by atoms with E-state index >= 15 is 0 Å². The van der Waals surface area contributed by atoms with Crippen LogP contribution in [0, 0.1) is 0 Å². The van der Waals surface area contributed by atoms with Crippen molar-refractivity contribution in [1.29, 1.82) is 0 Å². The highest BCUT2D eigenvalue weighted by Crippen LogP contribution is 2.31. The van der Waals surface area contributed by atoms with Gasteiger partial charge in [0, 0.05) is 5.02 Å². The summed E-state index contributed by atoms with van der Waals surface area (Å²) >= 11 is 12.1. The van der Waals surface area contributed by atoms with Gasteiger partial charge in [-0.1, -0.05) is 59.6 Å². The molecule has 0 fully saturated rings. The number of hydrogen-bond donors (Lipinski definition) is 0. The molecule has 7 heteroatoms. The molecule has 1 aliphatic heterocycles. The maximum absolute atomic E-state index is 12.3. The van der Waals surface area contributed by atoms with Crippen LogP contribution in [-0.4, -0.2) is 18.5 Å². The Balaban J connectivity index is 1.58. The molecule has 0 radical (unpaired) electrons. The number of nitrogens with zero attached hydrogens (tertiary/aromatic N) is 1. The van der Waals surface area contributed by atoms with E-state index in [9.17, 15) is 4.79 Å². The number of benzene rings is 3. The van der Waals surface area contributed by atoms with Gasteiger partial charge in [-0.05, 0) is 54.5 Å². The smallest absolute Gasteiger partial charge is 0.363 e. The van der Waals surface area contributed by atoms with Gasteiger partial charge < -0.3 is 14.2 Å². The minimum Gasteiger partial charge on any atom is -0.490 e. The first-order chi connectivity index (χ1) is 15.5. The topological polar surface area (TPSA) is 57.1 Å². The quantitative estimate of drug-likeness (QED) is 0.301. The van der Waals surface area contributed by atoms with Gasteiger partial charge in [0.25, 0.3) is 0 Å². The minimum absolute atomic E-state index is 0.135. The van der Waals surface area contributed by atoms with Crippen molar-refractivity contribution in [3.05, 3.63) is 99.2 Å². The number of esters is 1. The Kier molecular flexibility index (Phi) is 6.78. The number of hydrogen-bond acceptors (Lipinski definition) is 5. The second kappa shape index (κ2) is 9.90. The summed E-state index contributed by atoms with van der Waals surface area (Å²) in [4.78, 5) is 16.7. The van der Waals surface area contributed by atoms with Gasteiger partial charge in [0.2, 0.25) is 5.90 Å². The highest BCUT2D eigenvalue weighted by Gasteiger charge is 2.25. The van der Waals surface area contributed by atoms with Gasteiger partial charge >= 0.3 is 5.97 Å². The number of cyclic esters (lactones) is 1. The molecule has 4 rings (SSSR count).